The monoisotopic (exact) mass is 327 g/mol. The summed E-state index contributed by atoms with van der Waals surface area (Å²) in [5.41, 5.74) is -1.36. The van der Waals surface area contributed by atoms with Crippen molar-refractivity contribution >= 4 is 17.7 Å². The van der Waals surface area contributed by atoms with Crippen molar-refractivity contribution in [1.82, 2.24) is 5.32 Å². The molecule has 2 N–H and O–H groups in total. The van der Waals surface area contributed by atoms with E-state index in [1.807, 2.05) is 0 Å². The van der Waals surface area contributed by atoms with Gasteiger partial charge in [0.15, 0.2) is 0 Å². The molecular formula is C14H12F3N3O3. The second-order valence-corrected chi connectivity index (χ2v) is 4.07. The number of anilines is 1. The average Bonchev–Trinajstić information content (AvgIpc) is 2.47. The quantitative estimate of drug-likeness (QED) is 0.655. The lowest BCUT2D eigenvalue weighted by Gasteiger charge is -2.08. The summed E-state index contributed by atoms with van der Waals surface area (Å²) in [6, 6.07) is 5.71. The van der Waals surface area contributed by atoms with Crippen molar-refractivity contribution in [3.8, 4) is 6.07 Å². The first-order valence-corrected chi connectivity index (χ1v) is 6.30. The largest absolute Gasteiger partial charge is 0.450 e. The number of imide groups is 1. The number of rotatable bonds is 4. The van der Waals surface area contributed by atoms with Crippen LogP contribution in [0, 0.1) is 11.3 Å². The van der Waals surface area contributed by atoms with Crippen LogP contribution in [0.15, 0.2) is 36.0 Å². The molecule has 0 unspecified atom stereocenters. The van der Waals surface area contributed by atoms with Gasteiger partial charge < -0.3 is 10.1 Å². The maximum absolute atomic E-state index is 12.6. The predicted octanol–water partition coefficient (Wildman–Crippen LogP) is 2.80. The highest BCUT2D eigenvalue weighted by Crippen LogP contribution is 2.30. The molecule has 1 aromatic carbocycles. The highest BCUT2D eigenvalue weighted by molar-refractivity contribution is 6.05. The molecule has 0 saturated heterocycles. The number of carbonyl (C=O) groups excluding carboxylic acids is 2. The molecule has 23 heavy (non-hydrogen) atoms. The van der Waals surface area contributed by atoms with E-state index in [0.29, 0.717) is 0 Å². The number of nitrogens with zero attached hydrogens (tertiary/aromatic N) is 1. The van der Waals surface area contributed by atoms with Crippen LogP contribution in [-0.2, 0) is 15.7 Å². The molecule has 0 heterocycles. The maximum Gasteiger partial charge on any atom is 0.416 e. The van der Waals surface area contributed by atoms with E-state index in [2.05, 4.69) is 10.1 Å². The summed E-state index contributed by atoms with van der Waals surface area (Å²) >= 11 is 0. The van der Waals surface area contributed by atoms with Crippen molar-refractivity contribution < 1.29 is 27.5 Å². The summed E-state index contributed by atoms with van der Waals surface area (Å²) in [6.45, 7) is 1.56. The molecule has 1 aromatic rings. The number of ether oxygens (including phenoxy) is 1. The fourth-order valence-corrected chi connectivity index (χ4v) is 1.42. The Bertz CT molecular complexity index is 663. The lowest BCUT2D eigenvalue weighted by molar-refractivity contribution is -0.137. The molecule has 6 nitrogen and oxygen atoms in total. The van der Waals surface area contributed by atoms with E-state index < -0.39 is 29.3 Å². The smallest absolute Gasteiger partial charge is 0.416 e. The van der Waals surface area contributed by atoms with Crippen molar-refractivity contribution in [2.24, 2.45) is 0 Å². The number of hydrogen-bond acceptors (Lipinski definition) is 5. The van der Waals surface area contributed by atoms with E-state index in [-0.39, 0.29) is 12.3 Å². The molecule has 2 amide bonds. The SMILES string of the molecule is CCOC(=O)NC(=O)/C(C#N)=C/Nc1cccc(C(F)(F)F)c1. The summed E-state index contributed by atoms with van der Waals surface area (Å²) in [6.07, 6.45) is -4.65. The first-order valence-electron chi connectivity index (χ1n) is 6.30. The average molecular weight is 327 g/mol. The third-order valence-corrected chi connectivity index (χ3v) is 2.43. The molecule has 0 saturated carbocycles. The molecule has 0 aliphatic rings. The summed E-state index contributed by atoms with van der Waals surface area (Å²) in [4.78, 5) is 22.7. The van der Waals surface area contributed by atoms with Crippen molar-refractivity contribution in [3.05, 3.63) is 41.6 Å². The predicted molar refractivity (Wildman–Crippen MR) is 73.9 cm³/mol. The van der Waals surface area contributed by atoms with Crippen LogP contribution in [-0.4, -0.2) is 18.6 Å². The van der Waals surface area contributed by atoms with Gasteiger partial charge in [-0.15, -0.1) is 0 Å². The summed E-state index contributed by atoms with van der Waals surface area (Å²) in [5, 5.41) is 13.0. The number of alkyl halides is 3. The van der Waals surface area contributed by atoms with Crippen molar-refractivity contribution in [3.63, 3.8) is 0 Å². The Balaban J connectivity index is 2.83. The Morgan fingerprint density at radius 1 is 1.39 bits per heavy atom. The number of alkyl carbamates (subject to hydrolysis) is 1. The number of nitriles is 1. The minimum absolute atomic E-state index is 0.0245. The zero-order chi connectivity index (χ0) is 17.5. The molecule has 0 aromatic heterocycles. The Labute approximate surface area is 129 Å². The van der Waals surface area contributed by atoms with Crippen LogP contribution < -0.4 is 10.6 Å². The number of nitrogens with one attached hydrogen (secondary N) is 2. The van der Waals surface area contributed by atoms with E-state index in [0.717, 1.165) is 18.3 Å². The molecule has 0 spiro atoms. The fourth-order valence-electron chi connectivity index (χ4n) is 1.42. The molecule has 0 aliphatic carbocycles. The standard InChI is InChI=1S/C14H12F3N3O3/c1-2-23-13(22)20-12(21)9(7-18)8-19-11-5-3-4-10(6-11)14(15,16)17/h3-6,8,19H,2H2,1H3,(H,20,21,22)/b9-8+. The summed E-state index contributed by atoms with van der Waals surface area (Å²) < 4.78 is 42.2. The number of halogens is 3. The normalized spacial score (nSPS) is 11.3. The van der Waals surface area contributed by atoms with Gasteiger partial charge in [0.1, 0.15) is 11.6 Å². The third-order valence-electron chi connectivity index (χ3n) is 2.43. The van der Waals surface area contributed by atoms with Gasteiger partial charge in [0, 0.05) is 11.9 Å². The Morgan fingerprint density at radius 3 is 2.65 bits per heavy atom. The van der Waals surface area contributed by atoms with Gasteiger partial charge in [-0.3, -0.25) is 10.1 Å². The zero-order valence-corrected chi connectivity index (χ0v) is 11.9. The van der Waals surface area contributed by atoms with Crippen molar-refractivity contribution in [2.45, 2.75) is 13.1 Å². The van der Waals surface area contributed by atoms with Crippen molar-refractivity contribution in [2.75, 3.05) is 11.9 Å². The molecular weight excluding hydrogens is 315 g/mol. The number of hydrogen-bond donors (Lipinski definition) is 2. The van der Waals surface area contributed by atoms with E-state index in [1.54, 1.807) is 5.32 Å². The van der Waals surface area contributed by atoms with Gasteiger partial charge >= 0.3 is 12.3 Å². The highest BCUT2D eigenvalue weighted by atomic mass is 19.4. The Hall–Kier alpha value is -3.02. The number of benzene rings is 1. The van der Waals surface area contributed by atoms with Gasteiger partial charge in [-0.05, 0) is 25.1 Å². The van der Waals surface area contributed by atoms with Gasteiger partial charge in [0.25, 0.3) is 5.91 Å². The van der Waals surface area contributed by atoms with Crippen LogP contribution >= 0.6 is 0 Å². The second kappa shape index (κ2) is 7.84. The molecule has 0 fully saturated rings. The zero-order valence-electron chi connectivity index (χ0n) is 11.9. The van der Waals surface area contributed by atoms with Gasteiger partial charge in [-0.25, -0.2) is 4.79 Å². The topological polar surface area (TPSA) is 91.2 Å². The molecule has 0 radical (unpaired) electrons. The molecule has 9 heteroatoms. The third kappa shape index (κ3) is 5.70. The number of carbonyl (C=O) groups is 2. The molecule has 0 atom stereocenters. The van der Waals surface area contributed by atoms with Crippen LogP contribution in [0.4, 0.5) is 23.7 Å². The van der Waals surface area contributed by atoms with Crippen LogP contribution in [0.5, 0.6) is 0 Å². The van der Waals surface area contributed by atoms with Crippen LogP contribution in [0.1, 0.15) is 12.5 Å². The highest BCUT2D eigenvalue weighted by Gasteiger charge is 2.30. The first-order chi connectivity index (χ1) is 10.8. The Morgan fingerprint density at radius 2 is 2.09 bits per heavy atom. The second-order valence-electron chi connectivity index (χ2n) is 4.07. The van der Waals surface area contributed by atoms with Crippen LogP contribution in [0.2, 0.25) is 0 Å². The number of amides is 2. The minimum Gasteiger partial charge on any atom is -0.450 e. The minimum atomic E-state index is -4.51. The van der Waals surface area contributed by atoms with E-state index in [4.69, 9.17) is 5.26 Å². The lowest BCUT2D eigenvalue weighted by atomic mass is 10.2. The van der Waals surface area contributed by atoms with E-state index in [1.165, 1.54) is 25.1 Å². The lowest BCUT2D eigenvalue weighted by Crippen LogP contribution is -2.32. The van der Waals surface area contributed by atoms with Crippen molar-refractivity contribution in [1.29, 1.82) is 5.26 Å². The summed E-state index contributed by atoms with van der Waals surface area (Å²) in [7, 11) is 0. The summed E-state index contributed by atoms with van der Waals surface area (Å²) in [5.74, 6) is -1.04. The van der Waals surface area contributed by atoms with Gasteiger partial charge in [-0.1, -0.05) is 6.07 Å². The van der Waals surface area contributed by atoms with Gasteiger partial charge in [-0.2, -0.15) is 18.4 Å². The van der Waals surface area contributed by atoms with Crippen LogP contribution in [0.3, 0.4) is 0 Å². The maximum atomic E-state index is 12.6. The molecule has 122 valence electrons. The van der Waals surface area contributed by atoms with Crippen LogP contribution in [0.25, 0.3) is 0 Å². The fraction of sp³-hybridized carbons (Fsp3) is 0.214. The van der Waals surface area contributed by atoms with E-state index in [9.17, 15) is 22.8 Å². The first kappa shape index (κ1) is 18.0. The van der Waals surface area contributed by atoms with Gasteiger partial charge in [0.2, 0.25) is 0 Å². The molecule has 0 aliphatic heterocycles. The van der Waals surface area contributed by atoms with Gasteiger partial charge in [0.05, 0.1) is 12.2 Å². The molecule has 1 rings (SSSR count). The Kier molecular flexibility index (Phi) is 6.14. The molecule has 0 bridgehead atoms. The van der Waals surface area contributed by atoms with E-state index >= 15 is 0 Å².